The van der Waals surface area contributed by atoms with Crippen LogP contribution in [0.25, 0.3) is 21.2 Å². The van der Waals surface area contributed by atoms with Crippen molar-refractivity contribution in [1.82, 2.24) is 29.1 Å². The van der Waals surface area contributed by atoms with Gasteiger partial charge in [-0.05, 0) is 86.1 Å². The zero-order valence-electron chi connectivity index (χ0n) is 33.3. The number of carboxylic acid groups (broad SMARTS) is 1. The van der Waals surface area contributed by atoms with E-state index < -0.39 is 18.0 Å². The third kappa shape index (κ3) is 9.46. The van der Waals surface area contributed by atoms with Crippen LogP contribution in [0.4, 0.5) is 8.78 Å². The fourth-order valence-corrected chi connectivity index (χ4v) is 9.05. The summed E-state index contributed by atoms with van der Waals surface area (Å²) in [5, 5.41) is 11.8. The average molecular weight is 847 g/mol. The molecule has 2 aromatic carbocycles. The number of pyridine rings is 1. The molecular weight excluding hydrogens is 798 g/mol. The van der Waals surface area contributed by atoms with Crippen LogP contribution >= 0.6 is 23.1 Å². The predicted octanol–water partition coefficient (Wildman–Crippen LogP) is 8.95. The average Bonchev–Trinajstić information content (AvgIpc) is 3.62. The second-order valence-corrected chi connectivity index (χ2v) is 17.2. The highest BCUT2D eigenvalue weighted by Gasteiger charge is 2.36. The molecule has 15 heteroatoms. The number of aliphatic carboxylic acids is 1. The summed E-state index contributed by atoms with van der Waals surface area (Å²) in [5.41, 5.74) is 4.74. The highest BCUT2D eigenvalue weighted by molar-refractivity contribution is 7.13. The van der Waals surface area contributed by atoms with E-state index in [1.165, 1.54) is 11.5 Å². The largest absolute Gasteiger partial charge is 0.491 e. The summed E-state index contributed by atoms with van der Waals surface area (Å²) in [6.45, 7) is 7.51. The topological polar surface area (TPSA) is 123 Å². The number of halogens is 3. The number of fused-ring (bicyclic) bond motifs is 1. The van der Waals surface area contributed by atoms with Gasteiger partial charge in [0.1, 0.15) is 30.5 Å². The van der Waals surface area contributed by atoms with Gasteiger partial charge in [0.15, 0.2) is 0 Å². The van der Waals surface area contributed by atoms with E-state index in [-0.39, 0.29) is 43.6 Å². The molecular formula is C44H49ClF2N6O5S. The van der Waals surface area contributed by atoms with Crippen LogP contribution in [0.1, 0.15) is 85.1 Å². The number of carboxylic acids is 1. The molecule has 0 radical (unpaired) electrons. The van der Waals surface area contributed by atoms with E-state index in [0.29, 0.717) is 58.4 Å². The zero-order valence-corrected chi connectivity index (χ0v) is 34.9. The van der Waals surface area contributed by atoms with Gasteiger partial charge >= 0.3 is 5.97 Å². The Morgan fingerprint density at radius 1 is 1.00 bits per heavy atom. The number of carbonyl (C=O) groups is 1. The van der Waals surface area contributed by atoms with E-state index in [0.717, 1.165) is 79.1 Å². The molecule has 1 atom stereocenters. The summed E-state index contributed by atoms with van der Waals surface area (Å²) < 4.78 is 51.8. The molecule has 11 nitrogen and oxygen atoms in total. The van der Waals surface area contributed by atoms with Gasteiger partial charge in [-0.3, -0.25) is 9.88 Å². The Kier molecular flexibility index (Phi) is 12.6. The van der Waals surface area contributed by atoms with Crippen LogP contribution in [-0.4, -0.2) is 98.6 Å². The molecule has 0 unspecified atom stereocenters. The van der Waals surface area contributed by atoms with E-state index in [2.05, 4.69) is 31.2 Å². The second kappa shape index (κ2) is 18.0. The summed E-state index contributed by atoms with van der Waals surface area (Å²) in [7, 11) is 2.14. The Hall–Kier alpha value is -4.50. The lowest BCUT2D eigenvalue weighted by Crippen LogP contribution is -2.45. The smallest absolute Gasteiger partial charge is 0.345 e. The van der Waals surface area contributed by atoms with Gasteiger partial charge in [0, 0.05) is 81.8 Å². The summed E-state index contributed by atoms with van der Waals surface area (Å²) in [5.74, 6) is -1.79. The zero-order chi connectivity index (χ0) is 41.1. The Morgan fingerprint density at radius 2 is 1.78 bits per heavy atom. The monoisotopic (exact) mass is 846 g/mol. The molecule has 2 saturated carbocycles. The van der Waals surface area contributed by atoms with Crippen LogP contribution in [-0.2, 0) is 17.8 Å². The molecule has 2 aliphatic carbocycles. The van der Waals surface area contributed by atoms with Crippen molar-refractivity contribution in [1.29, 1.82) is 0 Å². The van der Waals surface area contributed by atoms with E-state index in [1.807, 2.05) is 43.5 Å². The Labute approximate surface area is 351 Å². The molecule has 1 saturated heterocycles. The fourth-order valence-electron chi connectivity index (χ4n) is 8.14. The lowest BCUT2D eigenvalue weighted by Gasteiger charge is -2.32. The van der Waals surface area contributed by atoms with Crippen LogP contribution in [0.15, 0.2) is 54.9 Å². The molecule has 0 spiro atoms. The van der Waals surface area contributed by atoms with Crippen molar-refractivity contribution < 1.29 is 32.9 Å². The number of hydrogen-bond acceptors (Lipinski definition) is 11. The molecule has 3 aromatic heterocycles. The van der Waals surface area contributed by atoms with Crippen molar-refractivity contribution in [2.24, 2.45) is 0 Å². The quantitative estimate of drug-likeness (QED) is 0.109. The normalized spacial score (nSPS) is 18.4. The molecule has 4 heterocycles. The minimum atomic E-state index is -2.64. The number of para-hydroxylation sites is 1. The maximum Gasteiger partial charge on any atom is 0.345 e. The first-order chi connectivity index (χ1) is 28.5. The number of alkyl halides is 2. The first kappa shape index (κ1) is 41.2. The molecule has 0 amide bonds. The van der Waals surface area contributed by atoms with Gasteiger partial charge in [-0.25, -0.2) is 23.5 Å². The van der Waals surface area contributed by atoms with Crippen LogP contribution in [0, 0.1) is 6.92 Å². The molecule has 3 aliphatic rings. The summed E-state index contributed by atoms with van der Waals surface area (Å²) in [6.07, 6.45) is 5.57. The van der Waals surface area contributed by atoms with Crippen LogP contribution in [0.5, 0.6) is 17.4 Å². The first-order valence-corrected chi connectivity index (χ1v) is 21.6. The van der Waals surface area contributed by atoms with Gasteiger partial charge in [-0.15, -0.1) is 0 Å². The third-order valence-corrected chi connectivity index (χ3v) is 13.2. The van der Waals surface area contributed by atoms with Gasteiger partial charge in [0.05, 0.1) is 26.5 Å². The lowest BCUT2D eigenvalue weighted by atomic mass is 9.79. The molecule has 1 N–H and O–H groups in total. The van der Waals surface area contributed by atoms with Crippen LogP contribution in [0.3, 0.4) is 0 Å². The minimum Gasteiger partial charge on any atom is -0.491 e. The molecule has 59 heavy (non-hydrogen) atoms. The Balaban J connectivity index is 1.02. The number of ether oxygens (including phenoxy) is 3. The summed E-state index contributed by atoms with van der Waals surface area (Å²) >= 11 is 8.27. The van der Waals surface area contributed by atoms with E-state index in [1.54, 1.807) is 18.3 Å². The van der Waals surface area contributed by atoms with Crippen LogP contribution < -0.4 is 14.2 Å². The minimum absolute atomic E-state index is 0.00322. The fraction of sp³-hybridized carbons (Fsp3) is 0.477. The molecule has 3 fully saturated rings. The highest BCUT2D eigenvalue weighted by atomic mass is 35.5. The molecule has 312 valence electrons. The molecule has 1 aliphatic heterocycles. The highest BCUT2D eigenvalue weighted by Crippen LogP contribution is 2.48. The van der Waals surface area contributed by atoms with E-state index in [4.69, 9.17) is 30.8 Å². The number of aromatic nitrogens is 4. The van der Waals surface area contributed by atoms with E-state index in [9.17, 15) is 18.7 Å². The Bertz CT molecular complexity index is 2270. The standard InChI is InChI=1S/C44H49ClF2N6O5S/c1-27-32(10-11-34(39(27)45)56-23-22-53-20-18-52(2)19-21-53)37-38-36(25-49-40(37)28-7-5-8-28)59-51-42(38)58-35(43(54)55)24-30-6-3-4-9-33(30)57-26-31-14-17-48-41(50-31)29-12-15-44(46,47)16-13-29/h3-4,6,9-11,14,17,25,28-29,35H,5,7-8,12-13,15-16,18-24,26H2,1-2H3,(H,54,55)/t35-/m1/s1. The van der Waals surface area contributed by atoms with Crippen molar-refractivity contribution in [3.8, 4) is 28.5 Å². The summed E-state index contributed by atoms with van der Waals surface area (Å²) in [6, 6.07) is 12.9. The van der Waals surface area contributed by atoms with Gasteiger partial charge in [-0.2, -0.15) is 4.37 Å². The van der Waals surface area contributed by atoms with E-state index >= 15 is 0 Å². The number of benzene rings is 2. The molecule has 0 bridgehead atoms. The number of likely N-dealkylation sites (N-methyl/N-ethyl adjacent to an activating group) is 1. The SMILES string of the molecule is Cc1c(-c2c(C3CCC3)ncc3snc(O[C@H](Cc4ccccc4OCc4ccnc(C5CCC(F)(F)CC5)n4)C(=O)O)c23)ccc(OCCN2CCN(C)CC2)c1Cl. The second-order valence-electron chi connectivity index (χ2n) is 16.0. The van der Waals surface area contributed by atoms with Gasteiger partial charge in [0.2, 0.25) is 17.9 Å². The van der Waals surface area contributed by atoms with Crippen molar-refractivity contribution in [3.05, 3.63) is 88.2 Å². The number of hydrogen-bond donors (Lipinski definition) is 1. The summed E-state index contributed by atoms with van der Waals surface area (Å²) in [4.78, 5) is 31.6. The Morgan fingerprint density at radius 3 is 2.53 bits per heavy atom. The van der Waals surface area contributed by atoms with Gasteiger partial charge < -0.3 is 24.2 Å². The maximum absolute atomic E-state index is 13.8. The number of nitrogens with zero attached hydrogens (tertiary/aromatic N) is 6. The van der Waals surface area contributed by atoms with Crippen LogP contribution in [0.2, 0.25) is 5.02 Å². The maximum atomic E-state index is 13.8. The number of piperazine rings is 1. The van der Waals surface area contributed by atoms with Crippen molar-refractivity contribution in [3.63, 3.8) is 0 Å². The van der Waals surface area contributed by atoms with Crippen molar-refractivity contribution in [2.45, 2.75) is 88.8 Å². The molecule has 5 aromatic rings. The van der Waals surface area contributed by atoms with Gasteiger partial charge in [-0.1, -0.05) is 42.3 Å². The number of rotatable bonds is 15. The first-order valence-electron chi connectivity index (χ1n) is 20.4. The molecule has 8 rings (SSSR count). The van der Waals surface area contributed by atoms with Crippen molar-refractivity contribution >= 4 is 39.2 Å². The van der Waals surface area contributed by atoms with Gasteiger partial charge in [0.25, 0.3) is 0 Å². The third-order valence-electron chi connectivity index (χ3n) is 12.0. The predicted molar refractivity (Wildman–Crippen MR) is 223 cm³/mol. The van der Waals surface area contributed by atoms with Crippen molar-refractivity contribution in [2.75, 3.05) is 46.4 Å². The lowest BCUT2D eigenvalue weighted by molar-refractivity contribution is -0.145.